The van der Waals surface area contributed by atoms with Gasteiger partial charge in [0.15, 0.2) is 0 Å². The standard InChI is InChI=1S/C14H20N2O3/c1-19-14(18)11-16-7-5-15(6-8-16)10-12-3-2-4-13(17)9-12/h2-4,9,17H,5-8,10-11H2,1H3. The molecule has 1 fully saturated rings. The molecule has 104 valence electrons. The Morgan fingerprint density at radius 1 is 1.26 bits per heavy atom. The zero-order valence-electron chi connectivity index (χ0n) is 11.2. The molecule has 5 nitrogen and oxygen atoms in total. The quantitative estimate of drug-likeness (QED) is 0.811. The molecule has 1 N–H and O–H groups in total. The van der Waals surface area contributed by atoms with Crippen molar-refractivity contribution in [1.29, 1.82) is 0 Å². The zero-order chi connectivity index (χ0) is 13.7. The van der Waals surface area contributed by atoms with Crippen LogP contribution in [0.25, 0.3) is 0 Å². The number of carbonyl (C=O) groups is 1. The van der Waals surface area contributed by atoms with E-state index in [-0.39, 0.29) is 5.97 Å². The molecule has 0 unspecified atom stereocenters. The van der Waals surface area contributed by atoms with Crippen LogP contribution in [0.2, 0.25) is 0 Å². The highest BCUT2D eigenvalue weighted by atomic mass is 16.5. The summed E-state index contributed by atoms with van der Waals surface area (Å²) in [7, 11) is 1.42. The largest absolute Gasteiger partial charge is 0.508 e. The minimum absolute atomic E-state index is 0.179. The van der Waals surface area contributed by atoms with Crippen molar-refractivity contribution in [3.8, 4) is 5.75 Å². The molecule has 0 aromatic heterocycles. The van der Waals surface area contributed by atoms with E-state index in [1.165, 1.54) is 7.11 Å². The lowest BCUT2D eigenvalue weighted by Crippen LogP contribution is -2.47. The van der Waals surface area contributed by atoms with Crippen LogP contribution in [-0.4, -0.2) is 60.7 Å². The van der Waals surface area contributed by atoms with E-state index in [1.807, 2.05) is 12.1 Å². The lowest BCUT2D eigenvalue weighted by atomic mass is 10.2. The number of hydrogen-bond donors (Lipinski definition) is 1. The monoisotopic (exact) mass is 264 g/mol. The Morgan fingerprint density at radius 2 is 1.95 bits per heavy atom. The van der Waals surface area contributed by atoms with E-state index in [0.29, 0.717) is 12.3 Å². The predicted octanol–water partition coefficient (Wildman–Crippen LogP) is 0.683. The summed E-state index contributed by atoms with van der Waals surface area (Å²) in [6.07, 6.45) is 0. The van der Waals surface area contributed by atoms with Crippen molar-refractivity contribution in [3.63, 3.8) is 0 Å². The van der Waals surface area contributed by atoms with Gasteiger partial charge >= 0.3 is 5.97 Å². The van der Waals surface area contributed by atoms with Gasteiger partial charge in [0.2, 0.25) is 0 Å². The van der Waals surface area contributed by atoms with Gasteiger partial charge in [-0.15, -0.1) is 0 Å². The summed E-state index contributed by atoms with van der Waals surface area (Å²) in [6.45, 7) is 4.79. The van der Waals surface area contributed by atoms with Gasteiger partial charge in [-0.25, -0.2) is 0 Å². The summed E-state index contributed by atoms with van der Waals surface area (Å²) < 4.78 is 4.67. The van der Waals surface area contributed by atoms with E-state index in [2.05, 4.69) is 14.5 Å². The predicted molar refractivity (Wildman–Crippen MR) is 71.8 cm³/mol. The summed E-state index contributed by atoms with van der Waals surface area (Å²) in [5.41, 5.74) is 1.11. The lowest BCUT2D eigenvalue weighted by Gasteiger charge is -2.34. The summed E-state index contributed by atoms with van der Waals surface area (Å²) in [5.74, 6) is 0.128. The first kappa shape index (κ1) is 13.8. The molecule has 1 aliphatic heterocycles. The Bertz CT molecular complexity index is 428. The Hall–Kier alpha value is -1.59. The van der Waals surface area contributed by atoms with Crippen LogP contribution in [0.15, 0.2) is 24.3 Å². The van der Waals surface area contributed by atoms with Gasteiger partial charge in [0.1, 0.15) is 5.75 Å². The minimum Gasteiger partial charge on any atom is -0.508 e. The van der Waals surface area contributed by atoms with Gasteiger partial charge in [-0.3, -0.25) is 14.6 Å². The molecule has 0 atom stereocenters. The molecule has 1 saturated heterocycles. The fourth-order valence-corrected chi connectivity index (χ4v) is 2.27. The molecule has 0 saturated carbocycles. The highest BCUT2D eigenvalue weighted by Crippen LogP contribution is 2.14. The van der Waals surface area contributed by atoms with E-state index in [1.54, 1.807) is 12.1 Å². The summed E-state index contributed by atoms with van der Waals surface area (Å²) >= 11 is 0. The van der Waals surface area contributed by atoms with Crippen molar-refractivity contribution in [1.82, 2.24) is 9.80 Å². The maximum Gasteiger partial charge on any atom is 0.319 e. The Balaban J connectivity index is 1.79. The van der Waals surface area contributed by atoms with Crippen molar-refractivity contribution in [2.45, 2.75) is 6.54 Å². The molecule has 2 rings (SSSR count). The molecule has 1 aromatic carbocycles. The number of nitrogens with zero attached hydrogens (tertiary/aromatic N) is 2. The van der Waals surface area contributed by atoms with E-state index < -0.39 is 0 Å². The Morgan fingerprint density at radius 3 is 2.58 bits per heavy atom. The van der Waals surface area contributed by atoms with Crippen molar-refractivity contribution < 1.29 is 14.6 Å². The lowest BCUT2D eigenvalue weighted by molar-refractivity contribution is -0.142. The van der Waals surface area contributed by atoms with Crippen molar-refractivity contribution in [2.24, 2.45) is 0 Å². The van der Waals surface area contributed by atoms with E-state index in [9.17, 15) is 9.90 Å². The molecule has 19 heavy (non-hydrogen) atoms. The van der Waals surface area contributed by atoms with Crippen LogP contribution in [0, 0.1) is 0 Å². The topological polar surface area (TPSA) is 53.0 Å². The molecular weight excluding hydrogens is 244 g/mol. The van der Waals surface area contributed by atoms with Gasteiger partial charge in [0.05, 0.1) is 13.7 Å². The smallest absolute Gasteiger partial charge is 0.319 e. The zero-order valence-corrected chi connectivity index (χ0v) is 11.2. The summed E-state index contributed by atoms with van der Waals surface area (Å²) in [4.78, 5) is 15.6. The van der Waals surface area contributed by atoms with Crippen LogP contribution >= 0.6 is 0 Å². The molecule has 0 spiro atoms. The van der Waals surface area contributed by atoms with Gasteiger partial charge in [-0.1, -0.05) is 12.1 Å². The van der Waals surface area contributed by atoms with Gasteiger partial charge in [-0.2, -0.15) is 0 Å². The fourth-order valence-electron chi connectivity index (χ4n) is 2.27. The average molecular weight is 264 g/mol. The van der Waals surface area contributed by atoms with Crippen LogP contribution in [0.1, 0.15) is 5.56 Å². The van der Waals surface area contributed by atoms with Gasteiger partial charge in [0, 0.05) is 32.7 Å². The van der Waals surface area contributed by atoms with Crippen LogP contribution in [0.4, 0.5) is 0 Å². The third-order valence-electron chi connectivity index (χ3n) is 3.36. The van der Waals surface area contributed by atoms with Gasteiger partial charge in [0.25, 0.3) is 0 Å². The number of esters is 1. The molecule has 1 aromatic rings. The highest BCUT2D eigenvalue weighted by Gasteiger charge is 2.19. The van der Waals surface area contributed by atoms with Crippen molar-refractivity contribution in [2.75, 3.05) is 39.8 Å². The van der Waals surface area contributed by atoms with Crippen molar-refractivity contribution in [3.05, 3.63) is 29.8 Å². The van der Waals surface area contributed by atoms with Gasteiger partial charge in [-0.05, 0) is 17.7 Å². The number of phenolic OH excluding ortho intramolecular Hbond substituents is 1. The normalized spacial score (nSPS) is 17.3. The molecule has 1 heterocycles. The van der Waals surface area contributed by atoms with Crippen LogP contribution in [-0.2, 0) is 16.1 Å². The second kappa shape index (κ2) is 6.54. The SMILES string of the molecule is COC(=O)CN1CCN(Cc2cccc(O)c2)CC1. The maximum absolute atomic E-state index is 11.2. The second-order valence-electron chi connectivity index (χ2n) is 4.80. The average Bonchev–Trinajstić information content (AvgIpc) is 2.41. The highest BCUT2D eigenvalue weighted by molar-refractivity contribution is 5.71. The third-order valence-corrected chi connectivity index (χ3v) is 3.36. The number of piperazine rings is 1. The summed E-state index contributed by atoms with van der Waals surface area (Å²) in [6, 6.07) is 7.34. The van der Waals surface area contributed by atoms with Crippen LogP contribution in [0.5, 0.6) is 5.75 Å². The molecule has 0 radical (unpaired) electrons. The number of hydrogen-bond acceptors (Lipinski definition) is 5. The third kappa shape index (κ3) is 4.22. The molecule has 5 heteroatoms. The van der Waals surface area contributed by atoms with E-state index >= 15 is 0 Å². The maximum atomic E-state index is 11.2. The first-order chi connectivity index (χ1) is 9.17. The number of benzene rings is 1. The first-order valence-electron chi connectivity index (χ1n) is 6.47. The minimum atomic E-state index is -0.179. The van der Waals surface area contributed by atoms with Crippen molar-refractivity contribution >= 4 is 5.97 Å². The molecule has 0 bridgehead atoms. The fraction of sp³-hybridized carbons (Fsp3) is 0.500. The number of rotatable bonds is 4. The number of methoxy groups -OCH3 is 1. The van der Waals surface area contributed by atoms with E-state index in [4.69, 9.17) is 0 Å². The second-order valence-corrected chi connectivity index (χ2v) is 4.80. The van der Waals surface area contributed by atoms with Crippen LogP contribution < -0.4 is 0 Å². The number of aromatic hydroxyl groups is 1. The van der Waals surface area contributed by atoms with E-state index in [0.717, 1.165) is 38.3 Å². The summed E-state index contributed by atoms with van der Waals surface area (Å²) in [5, 5.41) is 9.43. The number of carbonyl (C=O) groups excluding carboxylic acids is 1. The Labute approximate surface area is 113 Å². The molecular formula is C14H20N2O3. The Kier molecular flexibility index (Phi) is 4.76. The number of ether oxygens (including phenoxy) is 1. The molecule has 0 aliphatic carbocycles. The first-order valence-corrected chi connectivity index (χ1v) is 6.47. The number of phenols is 1. The molecule has 1 aliphatic rings. The van der Waals surface area contributed by atoms with Gasteiger partial charge < -0.3 is 9.84 Å². The van der Waals surface area contributed by atoms with Crippen LogP contribution in [0.3, 0.4) is 0 Å². The molecule has 0 amide bonds.